The van der Waals surface area contributed by atoms with Gasteiger partial charge in [0, 0.05) is 22.7 Å². The molecule has 5 nitrogen and oxygen atoms in total. The van der Waals surface area contributed by atoms with Crippen LogP contribution in [-0.2, 0) is 16.0 Å². The predicted molar refractivity (Wildman–Crippen MR) is 118 cm³/mol. The fraction of sp³-hybridized carbons (Fsp3) is 0.120. The first kappa shape index (κ1) is 19.4. The number of fused-ring (bicyclic) bond motifs is 1. The van der Waals surface area contributed by atoms with Gasteiger partial charge in [-0.1, -0.05) is 48.0 Å². The lowest BCUT2D eigenvalue weighted by Gasteiger charge is -2.25. The molecule has 0 bridgehead atoms. The monoisotopic (exact) mass is 431 g/mol. The summed E-state index contributed by atoms with van der Waals surface area (Å²) in [6, 6.07) is 20.5. The molecule has 0 aromatic heterocycles. The smallest absolute Gasteiger partial charge is 0.300 e. The van der Waals surface area contributed by atoms with E-state index in [1.54, 1.807) is 36.4 Å². The molecule has 2 heterocycles. The summed E-state index contributed by atoms with van der Waals surface area (Å²) >= 11 is 6.15. The maximum atomic E-state index is 13.1. The zero-order chi connectivity index (χ0) is 21.5. The Hall–Kier alpha value is -3.57. The number of halogens is 1. The van der Waals surface area contributed by atoms with Crippen molar-refractivity contribution in [2.24, 2.45) is 0 Å². The van der Waals surface area contributed by atoms with Gasteiger partial charge in [-0.25, -0.2) is 0 Å². The van der Waals surface area contributed by atoms with Crippen LogP contribution in [0.25, 0.3) is 5.76 Å². The second-order valence-corrected chi connectivity index (χ2v) is 7.92. The number of hydrogen-bond acceptors (Lipinski definition) is 4. The minimum absolute atomic E-state index is 0.0510. The highest BCUT2D eigenvalue weighted by molar-refractivity contribution is 6.51. The predicted octanol–water partition coefficient (Wildman–Crippen LogP) is 4.90. The summed E-state index contributed by atoms with van der Waals surface area (Å²) in [6.07, 6.45) is 0.732. The number of carbonyl (C=O) groups excluding carboxylic acids is 2. The summed E-state index contributed by atoms with van der Waals surface area (Å²) in [4.78, 5) is 27.6. The van der Waals surface area contributed by atoms with Gasteiger partial charge < -0.3 is 9.84 Å². The third-order valence-corrected chi connectivity index (χ3v) is 5.84. The van der Waals surface area contributed by atoms with E-state index in [2.05, 4.69) is 0 Å². The molecular formula is C25H18ClNO4. The van der Waals surface area contributed by atoms with Crippen LogP contribution in [-0.4, -0.2) is 23.4 Å². The molecule has 1 N–H and O–H groups in total. The van der Waals surface area contributed by atoms with E-state index < -0.39 is 17.7 Å². The Bertz CT molecular complexity index is 1240. The number of ketones is 1. The van der Waals surface area contributed by atoms with E-state index >= 15 is 0 Å². The van der Waals surface area contributed by atoms with Gasteiger partial charge in [0.25, 0.3) is 11.7 Å². The van der Waals surface area contributed by atoms with Gasteiger partial charge in [0.1, 0.15) is 11.5 Å². The first-order valence-electron chi connectivity index (χ1n) is 9.92. The van der Waals surface area contributed by atoms with Crippen molar-refractivity contribution in [2.45, 2.75) is 12.5 Å². The summed E-state index contributed by atoms with van der Waals surface area (Å²) in [5.74, 6) is -0.868. The molecule has 3 aromatic carbocycles. The Morgan fingerprint density at radius 2 is 1.81 bits per heavy atom. The van der Waals surface area contributed by atoms with Crippen LogP contribution in [0.4, 0.5) is 5.69 Å². The van der Waals surface area contributed by atoms with Gasteiger partial charge in [-0.3, -0.25) is 14.5 Å². The molecule has 6 heteroatoms. The molecule has 154 valence electrons. The van der Waals surface area contributed by atoms with Crippen molar-refractivity contribution < 1.29 is 19.4 Å². The topological polar surface area (TPSA) is 66.8 Å². The van der Waals surface area contributed by atoms with E-state index in [0.29, 0.717) is 28.4 Å². The maximum absolute atomic E-state index is 13.1. The molecule has 3 aromatic rings. The number of benzene rings is 3. The van der Waals surface area contributed by atoms with Crippen LogP contribution in [0.1, 0.15) is 22.7 Å². The molecular weight excluding hydrogens is 414 g/mol. The van der Waals surface area contributed by atoms with E-state index in [0.717, 1.165) is 17.7 Å². The average molecular weight is 432 g/mol. The number of hydrogen-bond donors (Lipinski definition) is 1. The van der Waals surface area contributed by atoms with Crippen LogP contribution in [0.2, 0.25) is 5.02 Å². The van der Waals surface area contributed by atoms with E-state index in [1.807, 2.05) is 36.4 Å². The third-order valence-electron chi connectivity index (χ3n) is 5.61. The molecule has 31 heavy (non-hydrogen) atoms. The van der Waals surface area contributed by atoms with Gasteiger partial charge in [-0.15, -0.1) is 0 Å². The highest BCUT2D eigenvalue weighted by Crippen LogP contribution is 2.43. The van der Waals surface area contributed by atoms with E-state index in [1.165, 1.54) is 4.90 Å². The number of carbonyl (C=O) groups is 2. The van der Waals surface area contributed by atoms with Crippen LogP contribution < -0.4 is 9.64 Å². The van der Waals surface area contributed by atoms with Gasteiger partial charge in [0.15, 0.2) is 0 Å². The largest absolute Gasteiger partial charge is 0.507 e. The molecule has 1 amide bonds. The summed E-state index contributed by atoms with van der Waals surface area (Å²) in [6.45, 7) is 0.586. The van der Waals surface area contributed by atoms with Crippen molar-refractivity contribution in [3.05, 3.63) is 100 Å². The lowest BCUT2D eigenvalue weighted by atomic mass is 9.94. The molecule has 0 saturated carbocycles. The normalized spacial score (nSPS) is 19.4. The van der Waals surface area contributed by atoms with Crippen molar-refractivity contribution in [2.75, 3.05) is 11.5 Å². The third kappa shape index (κ3) is 3.27. The van der Waals surface area contributed by atoms with Gasteiger partial charge in [0.2, 0.25) is 0 Å². The Labute approximate surface area is 184 Å². The Morgan fingerprint density at radius 1 is 1.00 bits per heavy atom. The summed E-state index contributed by atoms with van der Waals surface area (Å²) in [7, 11) is 0. The van der Waals surface area contributed by atoms with Crippen molar-refractivity contribution in [1.82, 2.24) is 0 Å². The quantitative estimate of drug-likeness (QED) is 0.364. The number of amides is 1. The number of aliphatic hydroxyl groups excluding tert-OH is 1. The number of anilines is 1. The van der Waals surface area contributed by atoms with Crippen LogP contribution in [0.15, 0.2) is 78.4 Å². The van der Waals surface area contributed by atoms with Gasteiger partial charge in [-0.2, -0.15) is 0 Å². The molecule has 2 aliphatic heterocycles. The minimum Gasteiger partial charge on any atom is -0.507 e. The first-order valence-corrected chi connectivity index (χ1v) is 10.3. The van der Waals surface area contributed by atoms with Gasteiger partial charge in [-0.05, 0) is 47.5 Å². The first-order chi connectivity index (χ1) is 15.0. The Kier molecular flexibility index (Phi) is 4.75. The maximum Gasteiger partial charge on any atom is 0.300 e. The Balaban J connectivity index is 1.70. The molecule has 1 fully saturated rings. The van der Waals surface area contributed by atoms with Crippen molar-refractivity contribution in [3.63, 3.8) is 0 Å². The van der Waals surface area contributed by atoms with Crippen molar-refractivity contribution >= 4 is 34.7 Å². The van der Waals surface area contributed by atoms with Crippen LogP contribution in [0.3, 0.4) is 0 Å². The standard InChI is InChI=1S/C25H18ClNO4/c26-18-7-4-8-19(14-18)27-22(15-5-2-1-3-6-15)21(24(29)25(27)30)23(28)17-9-10-20-16(13-17)11-12-31-20/h1-10,13-14,22,28H,11-12H2/b23-21-. The molecule has 0 spiro atoms. The number of Topliss-reactive ketones (excluding diaryl/α,β-unsaturated/α-hetero) is 1. The molecule has 5 rings (SSSR count). The van der Waals surface area contributed by atoms with Crippen LogP contribution >= 0.6 is 11.6 Å². The fourth-order valence-electron chi connectivity index (χ4n) is 4.16. The summed E-state index contributed by atoms with van der Waals surface area (Å²) in [5, 5.41) is 11.7. The molecule has 2 aliphatic rings. The molecule has 0 radical (unpaired) electrons. The second kappa shape index (κ2) is 7.60. The number of nitrogens with zero attached hydrogens (tertiary/aromatic N) is 1. The number of aliphatic hydroxyl groups is 1. The summed E-state index contributed by atoms with van der Waals surface area (Å²) < 4.78 is 5.53. The van der Waals surface area contributed by atoms with Crippen LogP contribution in [0, 0.1) is 0 Å². The zero-order valence-electron chi connectivity index (χ0n) is 16.4. The van der Waals surface area contributed by atoms with Gasteiger partial charge in [0.05, 0.1) is 18.2 Å². The van der Waals surface area contributed by atoms with Gasteiger partial charge >= 0.3 is 0 Å². The minimum atomic E-state index is -0.774. The molecule has 1 atom stereocenters. The highest BCUT2D eigenvalue weighted by Gasteiger charge is 2.47. The van der Waals surface area contributed by atoms with E-state index in [9.17, 15) is 14.7 Å². The lowest BCUT2D eigenvalue weighted by molar-refractivity contribution is -0.132. The number of ether oxygens (including phenoxy) is 1. The molecule has 0 aliphatic carbocycles. The van der Waals surface area contributed by atoms with Crippen LogP contribution in [0.5, 0.6) is 5.75 Å². The SMILES string of the molecule is O=C1C(=O)N(c2cccc(Cl)c2)C(c2ccccc2)/C1=C(/O)c1ccc2c(c1)CCO2. The highest BCUT2D eigenvalue weighted by atomic mass is 35.5. The fourth-order valence-corrected chi connectivity index (χ4v) is 4.35. The second-order valence-electron chi connectivity index (χ2n) is 7.48. The molecule has 1 unspecified atom stereocenters. The number of rotatable bonds is 3. The average Bonchev–Trinajstić information content (AvgIpc) is 3.36. The van der Waals surface area contributed by atoms with E-state index in [4.69, 9.17) is 16.3 Å². The zero-order valence-corrected chi connectivity index (χ0v) is 17.2. The summed E-state index contributed by atoms with van der Waals surface area (Å²) in [5.41, 5.74) is 2.70. The molecule has 1 saturated heterocycles. The van der Waals surface area contributed by atoms with Crippen molar-refractivity contribution in [1.29, 1.82) is 0 Å². The van der Waals surface area contributed by atoms with Crippen molar-refractivity contribution in [3.8, 4) is 5.75 Å². The van der Waals surface area contributed by atoms with E-state index in [-0.39, 0.29) is 11.3 Å². The Morgan fingerprint density at radius 3 is 2.58 bits per heavy atom. The lowest BCUT2D eigenvalue weighted by Crippen LogP contribution is -2.29.